The highest BCUT2D eigenvalue weighted by molar-refractivity contribution is 5.68. The Bertz CT molecular complexity index is 464. The van der Waals surface area contributed by atoms with Crippen LogP contribution in [-0.2, 0) is 16.1 Å². The first-order valence-corrected chi connectivity index (χ1v) is 7.01. The number of rotatable bonds is 3. The summed E-state index contributed by atoms with van der Waals surface area (Å²) in [5.41, 5.74) is 0.970. The highest BCUT2D eigenvalue weighted by atomic mass is 16.6. The van der Waals surface area contributed by atoms with Gasteiger partial charge in [0.05, 0.1) is 18.8 Å². The number of ether oxygens (including phenoxy) is 2. The van der Waals surface area contributed by atoms with Crippen LogP contribution in [0.5, 0.6) is 0 Å². The molecule has 0 unspecified atom stereocenters. The summed E-state index contributed by atoms with van der Waals surface area (Å²) in [4.78, 5) is 13.9. The minimum Gasteiger partial charge on any atom is -0.445 e. The molecule has 0 spiro atoms. The molecule has 0 saturated carbocycles. The monoisotopic (exact) mass is 277 g/mol. The second-order valence-corrected chi connectivity index (χ2v) is 5.30. The van der Waals surface area contributed by atoms with Gasteiger partial charge >= 0.3 is 6.09 Å². The molecule has 1 N–H and O–H groups in total. The number of likely N-dealkylation sites (tertiary alicyclic amines) is 1. The zero-order valence-corrected chi connectivity index (χ0v) is 11.3. The molecule has 3 atom stereocenters. The summed E-state index contributed by atoms with van der Waals surface area (Å²) in [5, 5.41) is 9.32. The number of amides is 1. The van der Waals surface area contributed by atoms with Crippen molar-refractivity contribution in [2.45, 2.75) is 37.7 Å². The predicted molar refractivity (Wildman–Crippen MR) is 72.1 cm³/mol. The molecule has 5 heteroatoms. The third-order valence-corrected chi connectivity index (χ3v) is 4.01. The number of aliphatic hydroxyl groups excluding tert-OH is 1. The lowest BCUT2D eigenvalue weighted by Gasteiger charge is -2.32. The lowest BCUT2D eigenvalue weighted by molar-refractivity contribution is 0.00725. The first-order chi connectivity index (χ1) is 9.78. The quantitative estimate of drug-likeness (QED) is 0.910. The number of carbonyl (C=O) groups is 1. The number of benzene rings is 1. The van der Waals surface area contributed by atoms with Gasteiger partial charge in [0, 0.05) is 6.54 Å². The SMILES string of the molecule is O=C(OCc1ccccc1)N1CC[C@@H]2C[C@H]1[C@@H](CO)O2. The van der Waals surface area contributed by atoms with E-state index in [1.165, 1.54) is 0 Å². The summed E-state index contributed by atoms with van der Waals surface area (Å²) in [6.45, 7) is 0.861. The molecule has 1 aromatic carbocycles. The van der Waals surface area contributed by atoms with Crippen molar-refractivity contribution < 1.29 is 19.4 Å². The van der Waals surface area contributed by atoms with Crippen molar-refractivity contribution in [2.24, 2.45) is 0 Å². The van der Waals surface area contributed by atoms with E-state index in [4.69, 9.17) is 9.47 Å². The Morgan fingerprint density at radius 2 is 2.20 bits per heavy atom. The van der Waals surface area contributed by atoms with Crippen LogP contribution in [-0.4, -0.2) is 47.5 Å². The smallest absolute Gasteiger partial charge is 0.410 e. The van der Waals surface area contributed by atoms with Crippen LogP contribution in [0.15, 0.2) is 30.3 Å². The lowest BCUT2D eigenvalue weighted by Crippen LogP contribution is -2.48. The van der Waals surface area contributed by atoms with E-state index in [1.54, 1.807) is 4.90 Å². The van der Waals surface area contributed by atoms with Gasteiger partial charge in [-0.15, -0.1) is 0 Å². The lowest BCUT2D eigenvalue weighted by atomic mass is 10.0. The van der Waals surface area contributed by atoms with E-state index in [0.717, 1.165) is 18.4 Å². The molecule has 20 heavy (non-hydrogen) atoms. The van der Waals surface area contributed by atoms with Gasteiger partial charge in [-0.1, -0.05) is 30.3 Å². The minimum atomic E-state index is -0.318. The zero-order chi connectivity index (χ0) is 13.9. The molecule has 1 amide bonds. The van der Waals surface area contributed by atoms with Crippen molar-refractivity contribution in [3.05, 3.63) is 35.9 Å². The van der Waals surface area contributed by atoms with Gasteiger partial charge in [0.1, 0.15) is 12.7 Å². The van der Waals surface area contributed by atoms with Gasteiger partial charge in [-0.25, -0.2) is 4.79 Å². The molecule has 2 heterocycles. The van der Waals surface area contributed by atoms with Crippen LogP contribution in [0, 0.1) is 0 Å². The zero-order valence-electron chi connectivity index (χ0n) is 11.3. The Balaban J connectivity index is 1.59. The topological polar surface area (TPSA) is 59.0 Å². The summed E-state index contributed by atoms with van der Waals surface area (Å²) in [6.07, 6.45) is 1.20. The van der Waals surface area contributed by atoms with Crippen LogP contribution < -0.4 is 0 Å². The summed E-state index contributed by atoms with van der Waals surface area (Å²) in [7, 11) is 0. The Labute approximate surface area is 118 Å². The van der Waals surface area contributed by atoms with Crippen LogP contribution >= 0.6 is 0 Å². The molecule has 0 aliphatic carbocycles. The maximum absolute atomic E-state index is 12.2. The third-order valence-electron chi connectivity index (χ3n) is 4.01. The Hall–Kier alpha value is -1.59. The average Bonchev–Trinajstić information content (AvgIpc) is 2.82. The molecule has 5 nitrogen and oxygen atoms in total. The van der Waals surface area contributed by atoms with Crippen LogP contribution in [0.3, 0.4) is 0 Å². The highest BCUT2D eigenvalue weighted by Gasteiger charge is 2.44. The minimum absolute atomic E-state index is 0.0520. The fraction of sp³-hybridized carbons (Fsp3) is 0.533. The molecule has 2 fully saturated rings. The molecule has 0 radical (unpaired) electrons. The van der Waals surface area contributed by atoms with E-state index in [-0.39, 0.29) is 37.6 Å². The molecule has 2 aliphatic rings. The van der Waals surface area contributed by atoms with Crippen LogP contribution in [0.1, 0.15) is 18.4 Å². The standard InChI is InChI=1S/C15H19NO4/c17-9-14-13-8-12(20-14)6-7-16(13)15(18)19-10-11-4-2-1-3-5-11/h1-5,12-14,17H,6-10H2/t12-,13+,14-/m1/s1. The van der Waals surface area contributed by atoms with Crippen molar-refractivity contribution in [1.29, 1.82) is 0 Å². The first-order valence-electron chi connectivity index (χ1n) is 7.01. The van der Waals surface area contributed by atoms with Gasteiger partial charge in [0.2, 0.25) is 0 Å². The van der Waals surface area contributed by atoms with Crippen molar-refractivity contribution in [3.8, 4) is 0 Å². The highest BCUT2D eigenvalue weighted by Crippen LogP contribution is 2.32. The maximum Gasteiger partial charge on any atom is 0.410 e. The number of piperidine rings is 1. The fourth-order valence-electron chi connectivity index (χ4n) is 2.97. The number of fused-ring (bicyclic) bond motifs is 2. The number of nitrogens with zero attached hydrogens (tertiary/aromatic N) is 1. The maximum atomic E-state index is 12.2. The molecule has 2 aliphatic heterocycles. The molecular weight excluding hydrogens is 258 g/mol. The summed E-state index contributed by atoms with van der Waals surface area (Å²) in [5.74, 6) is 0. The Morgan fingerprint density at radius 1 is 1.40 bits per heavy atom. The van der Waals surface area contributed by atoms with E-state index in [0.29, 0.717) is 6.54 Å². The van der Waals surface area contributed by atoms with Gasteiger partial charge in [0.25, 0.3) is 0 Å². The van der Waals surface area contributed by atoms with Gasteiger partial charge in [0.15, 0.2) is 0 Å². The van der Waals surface area contributed by atoms with Crippen molar-refractivity contribution in [3.63, 3.8) is 0 Å². The Kier molecular flexibility index (Phi) is 3.89. The van der Waals surface area contributed by atoms with E-state index < -0.39 is 0 Å². The fourth-order valence-corrected chi connectivity index (χ4v) is 2.97. The van der Waals surface area contributed by atoms with E-state index in [2.05, 4.69) is 0 Å². The summed E-state index contributed by atoms with van der Waals surface area (Å²) < 4.78 is 11.0. The van der Waals surface area contributed by atoms with Gasteiger partial charge in [-0.2, -0.15) is 0 Å². The third kappa shape index (κ3) is 2.64. The number of hydrogen-bond donors (Lipinski definition) is 1. The summed E-state index contributed by atoms with van der Waals surface area (Å²) in [6, 6.07) is 9.56. The second kappa shape index (κ2) is 5.81. The van der Waals surface area contributed by atoms with E-state index >= 15 is 0 Å². The number of carbonyl (C=O) groups excluding carboxylic acids is 1. The molecule has 3 rings (SSSR count). The van der Waals surface area contributed by atoms with Gasteiger partial charge < -0.3 is 19.5 Å². The molecule has 1 aromatic rings. The van der Waals surface area contributed by atoms with E-state index in [9.17, 15) is 9.90 Å². The van der Waals surface area contributed by atoms with Crippen molar-refractivity contribution >= 4 is 6.09 Å². The first kappa shape index (κ1) is 13.4. The number of hydrogen-bond acceptors (Lipinski definition) is 4. The molecule has 108 valence electrons. The van der Waals surface area contributed by atoms with Crippen LogP contribution in [0.4, 0.5) is 4.79 Å². The normalized spacial score (nSPS) is 28.4. The average molecular weight is 277 g/mol. The van der Waals surface area contributed by atoms with Crippen LogP contribution in [0.2, 0.25) is 0 Å². The molecular formula is C15H19NO4. The largest absolute Gasteiger partial charge is 0.445 e. The van der Waals surface area contributed by atoms with Crippen molar-refractivity contribution in [1.82, 2.24) is 4.90 Å². The molecule has 0 aromatic heterocycles. The number of aliphatic hydroxyl groups is 1. The molecule has 2 bridgehead atoms. The Morgan fingerprint density at radius 3 is 2.95 bits per heavy atom. The molecule has 2 saturated heterocycles. The predicted octanol–water partition coefficient (Wildman–Crippen LogP) is 1.55. The van der Waals surface area contributed by atoms with Crippen LogP contribution in [0.25, 0.3) is 0 Å². The summed E-state index contributed by atoms with van der Waals surface area (Å²) >= 11 is 0. The van der Waals surface area contributed by atoms with Gasteiger partial charge in [-0.3, -0.25) is 0 Å². The van der Waals surface area contributed by atoms with E-state index in [1.807, 2.05) is 30.3 Å². The second-order valence-electron chi connectivity index (χ2n) is 5.30. The van der Waals surface area contributed by atoms with Gasteiger partial charge in [-0.05, 0) is 18.4 Å². The van der Waals surface area contributed by atoms with Crippen molar-refractivity contribution in [2.75, 3.05) is 13.2 Å².